The largest absolute Gasteiger partial charge is 0.299 e. The van der Waals surface area contributed by atoms with Crippen molar-refractivity contribution >= 4 is 5.78 Å². The highest BCUT2D eigenvalue weighted by Gasteiger charge is 2.26. The minimum Gasteiger partial charge on any atom is -0.299 e. The molecule has 1 nitrogen and oxygen atoms in total. The van der Waals surface area contributed by atoms with Gasteiger partial charge in [-0.2, -0.15) is 0 Å². The molecule has 0 aliphatic carbocycles. The first-order valence-corrected chi connectivity index (χ1v) is 5.11. The number of carbonyl (C=O) groups excluding carboxylic acids is 1. The Kier molecular flexibility index (Phi) is 4.82. The summed E-state index contributed by atoms with van der Waals surface area (Å²) in [7, 11) is 0. The lowest BCUT2D eigenvalue weighted by Crippen LogP contribution is -2.24. The van der Waals surface area contributed by atoms with Gasteiger partial charge in [-0.25, -0.2) is 0 Å². The minimum absolute atomic E-state index is 0.280. The van der Waals surface area contributed by atoms with Gasteiger partial charge in [0.2, 0.25) is 0 Å². The maximum absolute atomic E-state index is 11.8. The Hall–Kier alpha value is -0.850. The van der Waals surface area contributed by atoms with E-state index in [4.69, 9.17) is 0 Å². The van der Waals surface area contributed by atoms with Crippen LogP contribution in [-0.2, 0) is 4.79 Å². The van der Waals surface area contributed by atoms with Crippen LogP contribution in [0.5, 0.6) is 0 Å². The van der Waals surface area contributed by atoms with Crippen LogP contribution in [0.3, 0.4) is 0 Å². The van der Waals surface area contributed by atoms with E-state index in [9.17, 15) is 4.79 Å². The van der Waals surface area contributed by atoms with E-state index in [0.717, 1.165) is 12.0 Å². The third kappa shape index (κ3) is 3.91. The maximum atomic E-state index is 11.8. The molecular weight excluding hydrogens is 172 g/mol. The molecule has 0 bridgehead atoms. The van der Waals surface area contributed by atoms with Gasteiger partial charge >= 0.3 is 0 Å². The topological polar surface area (TPSA) is 17.1 Å². The molecule has 0 spiro atoms. The van der Waals surface area contributed by atoms with E-state index in [2.05, 4.69) is 12.7 Å². The first kappa shape index (κ1) is 13.2. The van der Waals surface area contributed by atoms with E-state index in [1.165, 1.54) is 5.57 Å². The van der Waals surface area contributed by atoms with Gasteiger partial charge in [0.25, 0.3) is 0 Å². The first-order valence-electron chi connectivity index (χ1n) is 5.11. The third-order valence-corrected chi connectivity index (χ3v) is 2.69. The van der Waals surface area contributed by atoms with Crippen molar-refractivity contribution in [1.29, 1.82) is 0 Å². The summed E-state index contributed by atoms with van der Waals surface area (Å²) in [5.41, 5.74) is 1.85. The van der Waals surface area contributed by atoms with E-state index in [1.807, 2.05) is 34.6 Å². The van der Waals surface area contributed by atoms with Crippen LogP contribution < -0.4 is 0 Å². The lowest BCUT2D eigenvalue weighted by Gasteiger charge is -2.23. The standard InChI is InChI=1S/C13H22O/c1-10(2)8-7-9-12(14)13(5,6)11(3)4/h8H,3,7,9H2,1-2,4-6H3. The normalized spacial score (nSPS) is 10.9. The Morgan fingerprint density at radius 3 is 2.14 bits per heavy atom. The molecule has 0 N–H and O–H groups in total. The smallest absolute Gasteiger partial charge is 0.142 e. The predicted octanol–water partition coefficient (Wildman–Crippen LogP) is 3.90. The summed E-state index contributed by atoms with van der Waals surface area (Å²) in [6.45, 7) is 13.8. The molecule has 80 valence electrons. The van der Waals surface area contributed by atoms with Crippen molar-refractivity contribution in [2.45, 2.75) is 47.5 Å². The molecule has 0 aromatic heterocycles. The van der Waals surface area contributed by atoms with E-state index < -0.39 is 0 Å². The van der Waals surface area contributed by atoms with Crippen molar-refractivity contribution in [2.24, 2.45) is 5.41 Å². The summed E-state index contributed by atoms with van der Waals surface area (Å²) in [6, 6.07) is 0. The Morgan fingerprint density at radius 2 is 1.79 bits per heavy atom. The molecule has 14 heavy (non-hydrogen) atoms. The van der Waals surface area contributed by atoms with Gasteiger partial charge in [0.1, 0.15) is 5.78 Å². The van der Waals surface area contributed by atoms with Gasteiger partial charge in [-0.3, -0.25) is 4.79 Å². The molecule has 0 fully saturated rings. The molecular formula is C13H22O. The second-order valence-electron chi connectivity index (χ2n) is 4.65. The predicted molar refractivity (Wildman–Crippen MR) is 62.3 cm³/mol. The van der Waals surface area contributed by atoms with Crippen molar-refractivity contribution in [2.75, 3.05) is 0 Å². The molecule has 0 aliphatic heterocycles. The number of Topliss-reactive ketones (excluding diaryl/α,β-unsaturated/α-hetero) is 1. The van der Waals surface area contributed by atoms with Gasteiger partial charge in [-0.05, 0) is 41.0 Å². The van der Waals surface area contributed by atoms with Crippen LogP contribution in [0.2, 0.25) is 0 Å². The van der Waals surface area contributed by atoms with Crippen LogP contribution in [0.15, 0.2) is 23.8 Å². The van der Waals surface area contributed by atoms with E-state index in [1.54, 1.807) is 0 Å². The molecule has 0 aliphatic rings. The average molecular weight is 194 g/mol. The van der Waals surface area contributed by atoms with Crippen LogP contribution in [0, 0.1) is 5.41 Å². The summed E-state index contributed by atoms with van der Waals surface area (Å²) in [5, 5.41) is 0. The molecule has 0 rings (SSSR count). The van der Waals surface area contributed by atoms with E-state index in [-0.39, 0.29) is 11.2 Å². The molecule has 0 heterocycles. The van der Waals surface area contributed by atoms with E-state index in [0.29, 0.717) is 6.42 Å². The Morgan fingerprint density at radius 1 is 1.29 bits per heavy atom. The summed E-state index contributed by atoms with van der Waals surface area (Å²) in [6.07, 6.45) is 3.56. The highest BCUT2D eigenvalue weighted by Crippen LogP contribution is 2.27. The van der Waals surface area contributed by atoms with E-state index >= 15 is 0 Å². The number of carbonyl (C=O) groups is 1. The quantitative estimate of drug-likeness (QED) is 0.606. The van der Waals surface area contributed by atoms with Gasteiger partial charge in [-0.15, -0.1) is 0 Å². The van der Waals surface area contributed by atoms with Crippen molar-refractivity contribution in [3.8, 4) is 0 Å². The summed E-state index contributed by atoms with van der Waals surface area (Å²) < 4.78 is 0. The molecule has 0 aromatic carbocycles. The van der Waals surface area contributed by atoms with Crippen LogP contribution in [0.25, 0.3) is 0 Å². The molecule has 0 aromatic rings. The number of ketones is 1. The Labute approximate surface area is 87.9 Å². The SMILES string of the molecule is C=C(C)C(C)(C)C(=O)CCC=C(C)C. The van der Waals surface area contributed by atoms with Gasteiger partial charge in [0.05, 0.1) is 0 Å². The number of allylic oxidation sites excluding steroid dienone is 3. The fourth-order valence-electron chi connectivity index (χ4n) is 1.04. The van der Waals surface area contributed by atoms with Crippen molar-refractivity contribution in [1.82, 2.24) is 0 Å². The van der Waals surface area contributed by atoms with Gasteiger partial charge in [0.15, 0.2) is 0 Å². The average Bonchev–Trinajstić information content (AvgIpc) is 2.02. The van der Waals surface area contributed by atoms with Crippen LogP contribution in [-0.4, -0.2) is 5.78 Å². The zero-order valence-electron chi connectivity index (χ0n) is 10.1. The van der Waals surface area contributed by atoms with Crippen molar-refractivity contribution in [3.05, 3.63) is 23.8 Å². The van der Waals surface area contributed by atoms with Crippen LogP contribution in [0.4, 0.5) is 0 Å². The van der Waals surface area contributed by atoms with Crippen molar-refractivity contribution < 1.29 is 4.79 Å². The Bertz CT molecular complexity index is 252. The summed E-state index contributed by atoms with van der Waals surface area (Å²) >= 11 is 0. The first-order chi connectivity index (χ1) is 6.28. The summed E-state index contributed by atoms with van der Waals surface area (Å²) in [5.74, 6) is 0.280. The molecule has 0 saturated heterocycles. The Balaban J connectivity index is 4.23. The fraction of sp³-hybridized carbons (Fsp3) is 0.615. The molecule has 0 saturated carbocycles. The second-order valence-corrected chi connectivity index (χ2v) is 4.65. The zero-order valence-corrected chi connectivity index (χ0v) is 10.1. The van der Waals surface area contributed by atoms with Crippen LogP contribution >= 0.6 is 0 Å². The van der Waals surface area contributed by atoms with Gasteiger partial charge in [0, 0.05) is 11.8 Å². The number of rotatable bonds is 5. The maximum Gasteiger partial charge on any atom is 0.142 e. The lowest BCUT2D eigenvalue weighted by molar-refractivity contribution is -0.125. The van der Waals surface area contributed by atoms with Crippen molar-refractivity contribution in [3.63, 3.8) is 0 Å². The molecule has 0 radical (unpaired) electrons. The molecule has 0 atom stereocenters. The van der Waals surface area contributed by atoms with Gasteiger partial charge in [-0.1, -0.05) is 23.8 Å². The highest BCUT2D eigenvalue weighted by atomic mass is 16.1. The second kappa shape index (κ2) is 5.14. The monoisotopic (exact) mass is 194 g/mol. The molecule has 0 amide bonds. The number of hydrogen-bond acceptors (Lipinski definition) is 1. The lowest BCUT2D eigenvalue weighted by atomic mass is 9.80. The number of hydrogen-bond donors (Lipinski definition) is 0. The third-order valence-electron chi connectivity index (χ3n) is 2.69. The fourth-order valence-corrected chi connectivity index (χ4v) is 1.04. The molecule has 0 unspecified atom stereocenters. The molecule has 1 heteroatoms. The summed E-state index contributed by atoms with van der Waals surface area (Å²) in [4.78, 5) is 11.8. The van der Waals surface area contributed by atoms with Crippen LogP contribution in [0.1, 0.15) is 47.5 Å². The minimum atomic E-state index is -0.366. The zero-order chi connectivity index (χ0) is 11.4. The van der Waals surface area contributed by atoms with Gasteiger partial charge < -0.3 is 0 Å². The highest BCUT2D eigenvalue weighted by molar-refractivity contribution is 5.86.